The van der Waals surface area contributed by atoms with Crippen molar-refractivity contribution in [2.45, 2.75) is 13.0 Å². The molecule has 5 nitrogen and oxygen atoms in total. The molecule has 3 aliphatic rings. The van der Waals surface area contributed by atoms with Crippen molar-refractivity contribution in [3.63, 3.8) is 0 Å². The second-order valence-electron chi connectivity index (χ2n) is 8.85. The number of halogens is 1. The first-order valence-electron chi connectivity index (χ1n) is 11.1. The molecule has 164 valence electrons. The molecule has 6 heteroatoms. The third-order valence-electron chi connectivity index (χ3n) is 6.99. The van der Waals surface area contributed by atoms with E-state index in [4.69, 9.17) is 16.3 Å². The molecule has 1 saturated heterocycles. The minimum atomic E-state index is -0.266. The van der Waals surface area contributed by atoms with Crippen LogP contribution in [0.3, 0.4) is 0 Å². The van der Waals surface area contributed by atoms with Crippen LogP contribution < -0.4 is 4.74 Å². The fraction of sp³-hybridized carbons (Fsp3) is 0.222. The molecule has 3 aromatic carbocycles. The Balaban J connectivity index is 1.32. The third-order valence-corrected chi connectivity index (χ3v) is 7.24. The predicted molar refractivity (Wildman–Crippen MR) is 127 cm³/mol. The van der Waals surface area contributed by atoms with Crippen LogP contribution in [0, 0.1) is 23.7 Å². The Bertz CT molecular complexity index is 1300. The molecular formula is C27H21ClN2O3. The number of hydrazone groups is 1. The summed E-state index contributed by atoms with van der Waals surface area (Å²) in [6, 6.07) is 19.3. The number of carbonyl (C=O) groups is 2. The summed E-state index contributed by atoms with van der Waals surface area (Å²) >= 11 is 5.98. The molecule has 1 aliphatic heterocycles. The Labute approximate surface area is 196 Å². The van der Waals surface area contributed by atoms with E-state index in [0.717, 1.165) is 33.3 Å². The summed E-state index contributed by atoms with van der Waals surface area (Å²) in [7, 11) is 0. The lowest BCUT2D eigenvalue weighted by atomic mass is 9.85. The van der Waals surface area contributed by atoms with E-state index in [-0.39, 0.29) is 35.5 Å². The van der Waals surface area contributed by atoms with Crippen LogP contribution >= 0.6 is 11.6 Å². The van der Waals surface area contributed by atoms with Crippen molar-refractivity contribution in [3.05, 3.63) is 89.0 Å². The van der Waals surface area contributed by atoms with E-state index >= 15 is 0 Å². The number of carbonyl (C=O) groups excluding carboxylic acids is 2. The monoisotopic (exact) mass is 456 g/mol. The van der Waals surface area contributed by atoms with Crippen LogP contribution in [0.4, 0.5) is 0 Å². The fourth-order valence-corrected chi connectivity index (χ4v) is 5.52. The van der Waals surface area contributed by atoms with Crippen molar-refractivity contribution in [1.29, 1.82) is 0 Å². The summed E-state index contributed by atoms with van der Waals surface area (Å²) in [6.07, 6.45) is 6.65. The van der Waals surface area contributed by atoms with E-state index in [1.165, 1.54) is 0 Å². The van der Waals surface area contributed by atoms with Gasteiger partial charge in [0.2, 0.25) is 0 Å². The standard InChI is InChI=1S/C27H21ClN2O3/c28-20-10-5-16(6-11-20)15-33-23-12-9-17-3-1-2-4-21(17)22(23)14-29-30-26(31)24-18-7-8-19(13-18)25(24)27(30)32/h1-12,14,18-19,24-25H,13,15H2/b29-14+. The minimum Gasteiger partial charge on any atom is -0.488 e. The largest absolute Gasteiger partial charge is 0.488 e. The number of allylic oxidation sites excluding steroid dienone is 2. The van der Waals surface area contributed by atoms with Crippen LogP contribution in [-0.4, -0.2) is 23.0 Å². The van der Waals surface area contributed by atoms with Crippen molar-refractivity contribution in [1.82, 2.24) is 5.01 Å². The Morgan fingerprint density at radius 1 is 0.939 bits per heavy atom. The molecule has 2 bridgehead atoms. The Hall–Kier alpha value is -3.44. The minimum absolute atomic E-state index is 0.160. The zero-order valence-corrected chi connectivity index (χ0v) is 18.5. The maximum atomic E-state index is 13.0. The van der Waals surface area contributed by atoms with E-state index in [2.05, 4.69) is 17.3 Å². The van der Waals surface area contributed by atoms with Gasteiger partial charge in [-0.15, -0.1) is 0 Å². The van der Waals surface area contributed by atoms with Crippen LogP contribution in [0.5, 0.6) is 5.75 Å². The van der Waals surface area contributed by atoms with Gasteiger partial charge in [-0.05, 0) is 52.8 Å². The number of benzene rings is 3. The first kappa shape index (κ1) is 20.2. The van der Waals surface area contributed by atoms with E-state index in [1.807, 2.05) is 60.7 Å². The number of ether oxygens (including phenoxy) is 1. The van der Waals surface area contributed by atoms with Gasteiger partial charge in [0.05, 0.1) is 18.1 Å². The number of nitrogens with zero attached hydrogens (tertiary/aromatic N) is 2. The lowest BCUT2D eigenvalue weighted by Crippen LogP contribution is -2.28. The molecule has 4 atom stereocenters. The lowest BCUT2D eigenvalue weighted by molar-refractivity contribution is -0.140. The quantitative estimate of drug-likeness (QED) is 0.300. The molecule has 0 spiro atoms. The number of fused-ring (bicyclic) bond motifs is 6. The second-order valence-corrected chi connectivity index (χ2v) is 9.28. The van der Waals surface area contributed by atoms with E-state index in [9.17, 15) is 9.59 Å². The van der Waals surface area contributed by atoms with Gasteiger partial charge in [0, 0.05) is 10.6 Å². The molecule has 1 heterocycles. The number of amides is 2. The molecule has 0 aromatic heterocycles. The Morgan fingerprint density at radius 2 is 1.64 bits per heavy atom. The molecular weight excluding hydrogens is 436 g/mol. The van der Waals surface area contributed by atoms with E-state index in [1.54, 1.807) is 6.21 Å². The van der Waals surface area contributed by atoms with Crippen LogP contribution in [0.1, 0.15) is 17.5 Å². The molecule has 2 aliphatic carbocycles. The second kappa shape index (κ2) is 7.85. The van der Waals surface area contributed by atoms with Crippen molar-refractivity contribution in [2.24, 2.45) is 28.8 Å². The summed E-state index contributed by atoms with van der Waals surface area (Å²) in [5.74, 6) is 0.0351. The van der Waals surface area contributed by atoms with Crippen LogP contribution in [0.25, 0.3) is 10.8 Å². The molecule has 0 N–H and O–H groups in total. The van der Waals surface area contributed by atoms with Gasteiger partial charge >= 0.3 is 0 Å². The summed E-state index contributed by atoms with van der Waals surface area (Å²) in [5.41, 5.74) is 1.72. The topological polar surface area (TPSA) is 59.0 Å². The van der Waals surface area contributed by atoms with Crippen LogP contribution in [-0.2, 0) is 16.2 Å². The van der Waals surface area contributed by atoms with Gasteiger partial charge in [0.15, 0.2) is 0 Å². The van der Waals surface area contributed by atoms with Crippen LogP contribution in [0.2, 0.25) is 5.02 Å². The zero-order valence-electron chi connectivity index (χ0n) is 17.7. The van der Waals surface area contributed by atoms with E-state index < -0.39 is 0 Å². The number of hydrogen-bond acceptors (Lipinski definition) is 4. The smallest absolute Gasteiger partial charge is 0.254 e. The Kier molecular flexibility index (Phi) is 4.80. The number of imide groups is 1. The highest BCUT2D eigenvalue weighted by molar-refractivity contribution is 6.30. The normalized spacial score (nSPS) is 25.5. The van der Waals surface area contributed by atoms with Gasteiger partial charge in [-0.2, -0.15) is 10.1 Å². The van der Waals surface area contributed by atoms with Crippen molar-refractivity contribution in [3.8, 4) is 5.75 Å². The van der Waals surface area contributed by atoms with Crippen molar-refractivity contribution < 1.29 is 14.3 Å². The zero-order chi connectivity index (χ0) is 22.5. The highest BCUT2D eigenvalue weighted by Crippen LogP contribution is 2.52. The SMILES string of the molecule is O=C1C2C3C=CC(C3)C2C(=O)N1/N=C/c1c(OCc2ccc(Cl)cc2)ccc2ccccc12. The van der Waals surface area contributed by atoms with Gasteiger partial charge in [-0.1, -0.05) is 66.2 Å². The maximum absolute atomic E-state index is 13.0. The highest BCUT2D eigenvalue weighted by atomic mass is 35.5. The summed E-state index contributed by atoms with van der Waals surface area (Å²) in [5, 5.41) is 8.11. The van der Waals surface area contributed by atoms with Gasteiger partial charge in [-0.25, -0.2) is 0 Å². The highest BCUT2D eigenvalue weighted by Gasteiger charge is 2.59. The summed E-state index contributed by atoms with van der Waals surface area (Å²) in [4.78, 5) is 26.0. The third kappa shape index (κ3) is 3.35. The Morgan fingerprint density at radius 3 is 2.36 bits per heavy atom. The maximum Gasteiger partial charge on any atom is 0.254 e. The number of rotatable bonds is 5. The average molecular weight is 457 g/mol. The molecule has 0 radical (unpaired) electrons. The molecule has 3 aromatic rings. The van der Waals surface area contributed by atoms with Gasteiger partial charge in [-0.3, -0.25) is 9.59 Å². The summed E-state index contributed by atoms with van der Waals surface area (Å²) in [6.45, 7) is 0.358. The van der Waals surface area contributed by atoms with Crippen molar-refractivity contribution >= 4 is 40.4 Å². The molecule has 4 unspecified atom stereocenters. The lowest BCUT2D eigenvalue weighted by Gasteiger charge is -2.14. The van der Waals surface area contributed by atoms with Crippen LogP contribution in [0.15, 0.2) is 77.9 Å². The molecule has 2 fully saturated rings. The van der Waals surface area contributed by atoms with Gasteiger partial charge in [0.1, 0.15) is 12.4 Å². The molecule has 6 rings (SSSR count). The fourth-order valence-electron chi connectivity index (χ4n) is 5.39. The van der Waals surface area contributed by atoms with E-state index in [0.29, 0.717) is 17.4 Å². The predicted octanol–water partition coefficient (Wildman–Crippen LogP) is 5.21. The van der Waals surface area contributed by atoms with Gasteiger partial charge < -0.3 is 4.74 Å². The molecule has 33 heavy (non-hydrogen) atoms. The van der Waals surface area contributed by atoms with Crippen molar-refractivity contribution in [2.75, 3.05) is 0 Å². The first-order valence-corrected chi connectivity index (χ1v) is 11.5. The number of hydrogen-bond donors (Lipinski definition) is 0. The van der Waals surface area contributed by atoms with Gasteiger partial charge in [0.25, 0.3) is 11.8 Å². The molecule has 2 amide bonds. The summed E-state index contributed by atoms with van der Waals surface area (Å²) < 4.78 is 6.13. The molecule has 1 saturated carbocycles. The first-order chi connectivity index (χ1) is 16.1. The average Bonchev–Trinajstić information content (AvgIpc) is 3.52.